The highest BCUT2D eigenvalue weighted by Crippen LogP contribution is 2.10. The highest BCUT2D eigenvalue weighted by atomic mass is 15.1. The SMILES string of the molecule is C#CCC[CH]N1CCCC1. The van der Waals surface area contributed by atoms with E-state index in [9.17, 15) is 0 Å². The largest absolute Gasteiger partial charge is 0.299 e. The Kier molecular flexibility index (Phi) is 3.32. The van der Waals surface area contributed by atoms with E-state index in [1.165, 1.54) is 25.9 Å². The fraction of sp³-hybridized carbons (Fsp3) is 0.667. The molecular weight excluding hydrogens is 122 g/mol. The van der Waals surface area contributed by atoms with Crippen molar-refractivity contribution in [3.63, 3.8) is 0 Å². The lowest BCUT2D eigenvalue weighted by Gasteiger charge is -2.11. The number of unbranched alkanes of at least 4 members (excludes halogenated alkanes) is 1. The van der Waals surface area contributed by atoms with Gasteiger partial charge in [-0.2, -0.15) is 0 Å². The van der Waals surface area contributed by atoms with Gasteiger partial charge < -0.3 is 0 Å². The predicted molar refractivity (Wildman–Crippen MR) is 43.2 cm³/mol. The monoisotopic (exact) mass is 136 g/mol. The van der Waals surface area contributed by atoms with Crippen molar-refractivity contribution in [3.8, 4) is 12.3 Å². The summed E-state index contributed by atoms with van der Waals surface area (Å²) in [5, 5.41) is 0. The van der Waals surface area contributed by atoms with E-state index < -0.39 is 0 Å². The van der Waals surface area contributed by atoms with Gasteiger partial charge in [-0.15, -0.1) is 12.3 Å². The van der Waals surface area contributed by atoms with Gasteiger partial charge in [0, 0.05) is 13.0 Å². The van der Waals surface area contributed by atoms with Crippen molar-refractivity contribution in [1.82, 2.24) is 4.90 Å². The molecule has 1 aliphatic heterocycles. The van der Waals surface area contributed by atoms with E-state index in [2.05, 4.69) is 17.4 Å². The fourth-order valence-electron chi connectivity index (χ4n) is 1.25. The summed E-state index contributed by atoms with van der Waals surface area (Å²) in [6.45, 7) is 4.72. The maximum absolute atomic E-state index is 5.12. The molecule has 1 fully saturated rings. The molecule has 10 heavy (non-hydrogen) atoms. The number of rotatable bonds is 3. The quantitative estimate of drug-likeness (QED) is 0.421. The maximum Gasteiger partial charge on any atom is 0.0260 e. The Balaban J connectivity index is 1.97. The number of nitrogens with zero attached hydrogens (tertiary/aromatic N) is 1. The molecule has 1 nitrogen and oxygen atoms in total. The topological polar surface area (TPSA) is 3.24 Å². The maximum atomic E-state index is 5.12. The molecule has 0 saturated carbocycles. The van der Waals surface area contributed by atoms with Gasteiger partial charge in [-0.05, 0) is 32.4 Å². The first kappa shape index (κ1) is 7.63. The Bertz CT molecular complexity index is 117. The van der Waals surface area contributed by atoms with Crippen LogP contribution in [-0.2, 0) is 0 Å². The molecule has 0 aromatic carbocycles. The summed E-state index contributed by atoms with van der Waals surface area (Å²) >= 11 is 0. The lowest BCUT2D eigenvalue weighted by Crippen LogP contribution is -2.14. The summed E-state index contributed by atoms with van der Waals surface area (Å²) in [6, 6.07) is 0. The molecule has 1 heteroatoms. The Morgan fingerprint density at radius 2 is 2.10 bits per heavy atom. The van der Waals surface area contributed by atoms with Crippen LogP contribution in [0, 0.1) is 18.9 Å². The Morgan fingerprint density at radius 1 is 1.40 bits per heavy atom. The van der Waals surface area contributed by atoms with E-state index in [1.807, 2.05) is 0 Å². The molecule has 1 saturated heterocycles. The minimum atomic E-state index is 0.885. The molecule has 1 rings (SSSR count). The Labute approximate surface area is 63.4 Å². The van der Waals surface area contributed by atoms with Gasteiger partial charge in [0.15, 0.2) is 0 Å². The van der Waals surface area contributed by atoms with Crippen LogP contribution in [0.4, 0.5) is 0 Å². The van der Waals surface area contributed by atoms with E-state index in [0.717, 1.165) is 12.8 Å². The normalized spacial score (nSPS) is 19.1. The molecule has 0 spiro atoms. The molecule has 0 aliphatic carbocycles. The molecule has 0 aromatic heterocycles. The van der Waals surface area contributed by atoms with Crippen LogP contribution in [-0.4, -0.2) is 18.0 Å². The van der Waals surface area contributed by atoms with Crippen LogP contribution in [0.2, 0.25) is 0 Å². The number of hydrogen-bond donors (Lipinski definition) is 0. The minimum Gasteiger partial charge on any atom is -0.299 e. The van der Waals surface area contributed by atoms with Gasteiger partial charge in [0.1, 0.15) is 0 Å². The highest BCUT2D eigenvalue weighted by Gasteiger charge is 2.09. The molecule has 1 radical (unpaired) electrons. The van der Waals surface area contributed by atoms with E-state index in [-0.39, 0.29) is 0 Å². The van der Waals surface area contributed by atoms with Gasteiger partial charge in [-0.3, -0.25) is 4.90 Å². The van der Waals surface area contributed by atoms with E-state index in [0.29, 0.717) is 0 Å². The molecule has 0 atom stereocenters. The molecule has 1 heterocycles. The molecular formula is C9H14N. The first-order valence-electron chi connectivity index (χ1n) is 3.94. The summed E-state index contributed by atoms with van der Waals surface area (Å²) in [7, 11) is 0. The third kappa shape index (κ3) is 2.41. The number of hydrogen-bond acceptors (Lipinski definition) is 1. The number of terminal acetylenes is 1. The van der Waals surface area contributed by atoms with Crippen LogP contribution in [0.3, 0.4) is 0 Å². The van der Waals surface area contributed by atoms with E-state index in [4.69, 9.17) is 6.42 Å². The van der Waals surface area contributed by atoms with Crippen LogP contribution < -0.4 is 0 Å². The van der Waals surface area contributed by atoms with Gasteiger partial charge in [0.2, 0.25) is 0 Å². The second kappa shape index (κ2) is 4.35. The first-order valence-corrected chi connectivity index (χ1v) is 3.94. The number of likely N-dealkylation sites (tertiary alicyclic amines) is 1. The second-order valence-corrected chi connectivity index (χ2v) is 2.67. The Morgan fingerprint density at radius 3 is 2.70 bits per heavy atom. The molecule has 1 aliphatic rings. The predicted octanol–water partition coefficient (Wildman–Crippen LogP) is 1.66. The van der Waals surface area contributed by atoms with Gasteiger partial charge in [0.05, 0.1) is 0 Å². The van der Waals surface area contributed by atoms with Crippen LogP contribution in [0.1, 0.15) is 25.7 Å². The average molecular weight is 136 g/mol. The standard InChI is InChI=1S/C9H14N/c1-2-3-4-7-10-8-5-6-9-10/h1,7H,3-6,8-9H2. The minimum absolute atomic E-state index is 0.885. The van der Waals surface area contributed by atoms with Crippen molar-refractivity contribution in [2.45, 2.75) is 25.7 Å². The van der Waals surface area contributed by atoms with Crippen molar-refractivity contribution in [3.05, 3.63) is 6.54 Å². The zero-order valence-corrected chi connectivity index (χ0v) is 6.34. The average Bonchev–Trinajstić information content (AvgIpc) is 2.41. The molecule has 0 aromatic rings. The van der Waals surface area contributed by atoms with Gasteiger partial charge in [-0.25, -0.2) is 0 Å². The fourth-order valence-corrected chi connectivity index (χ4v) is 1.25. The summed E-state index contributed by atoms with van der Waals surface area (Å²) in [6.07, 6.45) is 9.77. The van der Waals surface area contributed by atoms with Crippen molar-refractivity contribution in [1.29, 1.82) is 0 Å². The van der Waals surface area contributed by atoms with Gasteiger partial charge >= 0.3 is 0 Å². The summed E-state index contributed by atoms with van der Waals surface area (Å²) < 4.78 is 0. The lowest BCUT2D eigenvalue weighted by atomic mass is 10.3. The van der Waals surface area contributed by atoms with Gasteiger partial charge in [-0.1, -0.05) is 0 Å². The smallest absolute Gasteiger partial charge is 0.0260 e. The van der Waals surface area contributed by atoms with Crippen molar-refractivity contribution in [2.24, 2.45) is 0 Å². The third-order valence-electron chi connectivity index (χ3n) is 1.82. The molecule has 0 bridgehead atoms. The first-order chi connectivity index (χ1) is 4.93. The van der Waals surface area contributed by atoms with E-state index in [1.54, 1.807) is 0 Å². The highest BCUT2D eigenvalue weighted by molar-refractivity contribution is 4.86. The van der Waals surface area contributed by atoms with Crippen LogP contribution in [0.25, 0.3) is 0 Å². The molecule has 0 amide bonds. The second-order valence-electron chi connectivity index (χ2n) is 2.67. The van der Waals surface area contributed by atoms with Crippen molar-refractivity contribution < 1.29 is 0 Å². The summed E-state index contributed by atoms with van der Waals surface area (Å²) in [4.78, 5) is 2.37. The van der Waals surface area contributed by atoms with Crippen LogP contribution in [0.5, 0.6) is 0 Å². The Hall–Kier alpha value is -0.480. The summed E-state index contributed by atoms with van der Waals surface area (Å²) in [5.41, 5.74) is 0. The van der Waals surface area contributed by atoms with Crippen LogP contribution in [0.15, 0.2) is 0 Å². The third-order valence-corrected chi connectivity index (χ3v) is 1.82. The molecule has 55 valence electrons. The van der Waals surface area contributed by atoms with Crippen LogP contribution >= 0.6 is 0 Å². The lowest BCUT2D eigenvalue weighted by molar-refractivity contribution is 0.400. The zero-order chi connectivity index (χ0) is 7.23. The zero-order valence-electron chi connectivity index (χ0n) is 6.34. The van der Waals surface area contributed by atoms with Crippen molar-refractivity contribution in [2.75, 3.05) is 13.1 Å². The summed E-state index contributed by atoms with van der Waals surface area (Å²) in [5.74, 6) is 2.63. The van der Waals surface area contributed by atoms with E-state index >= 15 is 0 Å². The molecule has 0 N–H and O–H groups in total. The molecule has 0 unspecified atom stereocenters. The van der Waals surface area contributed by atoms with Gasteiger partial charge in [0.25, 0.3) is 0 Å². The van der Waals surface area contributed by atoms with Crippen molar-refractivity contribution >= 4 is 0 Å².